The van der Waals surface area contributed by atoms with Gasteiger partial charge in [-0.1, -0.05) is 22.6 Å². The summed E-state index contributed by atoms with van der Waals surface area (Å²) in [5.41, 5.74) is 0.619. The molecule has 1 fully saturated rings. The van der Waals surface area contributed by atoms with E-state index in [0.717, 1.165) is 10.8 Å². The Balaban J connectivity index is 2.50. The molecule has 0 aromatic heterocycles. The molecule has 0 saturated carbocycles. The Hall–Kier alpha value is -1.57. The number of hydrogen-bond acceptors (Lipinski definition) is 12. The summed E-state index contributed by atoms with van der Waals surface area (Å²) in [6.07, 6.45) is -0.552. The van der Waals surface area contributed by atoms with Crippen molar-refractivity contribution in [1.29, 1.82) is 0 Å². The molecule has 2 amide bonds. The highest BCUT2D eigenvalue weighted by Crippen LogP contribution is 2.38. The van der Waals surface area contributed by atoms with Gasteiger partial charge in [-0.3, -0.25) is 28.8 Å². The van der Waals surface area contributed by atoms with Crippen LogP contribution in [0.3, 0.4) is 0 Å². The van der Waals surface area contributed by atoms with Crippen molar-refractivity contribution >= 4 is 138 Å². The number of carbonyl (C=O) groups excluding carboxylic acids is 6. The number of carbonyl (C=O) groups is 6. The van der Waals surface area contributed by atoms with Crippen LogP contribution >= 0.6 is 90.4 Å². The van der Waals surface area contributed by atoms with E-state index in [0.29, 0.717) is 28.7 Å². The van der Waals surface area contributed by atoms with Gasteiger partial charge in [0.05, 0.1) is 37.0 Å². The fourth-order valence-corrected chi connectivity index (χ4v) is 8.81. The summed E-state index contributed by atoms with van der Waals surface area (Å²) in [5, 5.41) is 5.39. The van der Waals surface area contributed by atoms with E-state index in [1.165, 1.54) is 27.7 Å². The predicted octanol–water partition coefficient (Wildman–Crippen LogP) is 3.59. The third-order valence-corrected chi connectivity index (χ3v) is 9.89. The van der Waals surface area contributed by atoms with Gasteiger partial charge in [0.25, 0.3) is 11.8 Å². The lowest BCUT2D eigenvalue weighted by atomic mass is 10.1. The lowest BCUT2D eigenvalue weighted by molar-refractivity contribution is -0.155. The summed E-state index contributed by atoms with van der Waals surface area (Å²) >= 11 is 8.10. The van der Waals surface area contributed by atoms with Crippen LogP contribution in [0.25, 0.3) is 0 Å². The Morgan fingerprint density at radius 2 is 1.22 bits per heavy atom. The van der Waals surface area contributed by atoms with Gasteiger partial charge in [0.15, 0.2) is 18.1 Å². The van der Waals surface area contributed by atoms with Gasteiger partial charge in [-0.25, -0.2) is 4.99 Å². The highest BCUT2D eigenvalue weighted by molar-refractivity contribution is 14.1. The number of ether oxygens (including phenoxy) is 5. The molecule has 3 unspecified atom stereocenters. The summed E-state index contributed by atoms with van der Waals surface area (Å²) in [6, 6.07) is 0. The minimum atomic E-state index is -0.954. The van der Waals surface area contributed by atoms with Crippen LogP contribution in [0, 0.1) is 10.7 Å². The molecule has 1 aliphatic rings. The molecule has 0 bridgehead atoms. The zero-order valence-electron chi connectivity index (χ0n) is 24.6. The summed E-state index contributed by atoms with van der Waals surface area (Å²) in [6.45, 7) is 3.88. The van der Waals surface area contributed by atoms with Crippen LogP contribution in [-0.2, 0) is 42.9 Å². The van der Waals surface area contributed by atoms with Crippen LogP contribution in [0.2, 0.25) is 0 Å². The van der Waals surface area contributed by atoms with Crippen LogP contribution in [0.4, 0.5) is 5.69 Å². The van der Waals surface area contributed by atoms with Crippen molar-refractivity contribution in [2.45, 2.75) is 58.8 Å². The summed E-state index contributed by atoms with van der Waals surface area (Å²) in [4.78, 5) is 77.7. The number of benzene rings is 1. The van der Waals surface area contributed by atoms with Gasteiger partial charge < -0.3 is 34.3 Å². The van der Waals surface area contributed by atoms with E-state index >= 15 is 0 Å². The maximum Gasteiger partial charge on any atom is 0.303 e. The monoisotopic (exact) mass is 1080 g/mol. The zero-order valence-corrected chi connectivity index (χ0v) is 33.3. The van der Waals surface area contributed by atoms with E-state index in [-0.39, 0.29) is 43.5 Å². The molecule has 1 aromatic carbocycles. The van der Waals surface area contributed by atoms with Gasteiger partial charge in [0.2, 0.25) is 0 Å². The molecule has 1 saturated heterocycles. The van der Waals surface area contributed by atoms with Crippen LogP contribution in [0.15, 0.2) is 4.99 Å². The molecule has 1 aromatic rings. The second kappa shape index (κ2) is 19.3. The molecule has 0 aliphatic carbocycles. The second-order valence-electron chi connectivity index (χ2n) is 9.47. The Morgan fingerprint density at radius 1 is 0.778 bits per heavy atom. The van der Waals surface area contributed by atoms with E-state index < -0.39 is 47.9 Å². The lowest BCUT2D eigenvalue weighted by Gasteiger charge is -2.21. The smallest absolute Gasteiger partial charge is 0.303 e. The normalized spacial score (nSPS) is 16.2. The van der Waals surface area contributed by atoms with Crippen molar-refractivity contribution in [3.05, 3.63) is 21.8 Å². The molecular weight excluding hydrogens is 1050 g/mol. The molecule has 2 N–H and O–H groups in total. The van der Waals surface area contributed by atoms with Crippen molar-refractivity contribution in [3.8, 4) is 0 Å². The minimum absolute atomic E-state index is 0.0000737. The molecule has 0 radical (unpaired) electrons. The van der Waals surface area contributed by atoms with Gasteiger partial charge in [0.1, 0.15) is 19.3 Å². The van der Waals surface area contributed by atoms with Gasteiger partial charge in [-0.15, -0.1) is 0 Å². The summed E-state index contributed by atoms with van der Waals surface area (Å²) in [7, 11) is 0. The number of halogens is 4. The van der Waals surface area contributed by atoms with Crippen molar-refractivity contribution in [2.75, 3.05) is 30.7 Å². The quantitative estimate of drug-likeness (QED) is 0.120. The highest BCUT2D eigenvalue weighted by Gasteiger charge is 2.30. The Labute approximate surface area is 314 Å². The number of aliphatic imine (C=N–C) groups is 1. The molecule has 2 rings (SSSR count). The molecule has 14 nitrogen and oxygen atoms in total. The van der Waals surface area contributed by atoms with Crippen molar-refractivity contribution in [3.63, 3.8) is 0 Å². The molecule has 1 aliphatic heterocycles. The fraction of sp³-hybridized carbons (Fsp3) is 0.519. The van der Waals surface area contributed by atoms with E-state index in [4.69, 9.17) is 28.7 Å². The Bertz CT molecular complexity index is 1270. The molecule has 0 spiro atoms. The maximum atomic E-state index is 13.6. The Morgan fingerprint density at radius 3 is 1.58 bits per heavy atom. The van der Waals surface area contributed by atoms with Gasteiger partial charge in [0, 0.05) is 42.1 Å². The van der Waals surface area contributed by atoms with Crippen molar-refractivity contribution in [1.82, 2.24) is 10.6 Å². The fourth-order valence-electron chi connectivity index (χ4n) is 3.81. The lowest BCUT2D eigenvalue weighted by Crippen LogP contribution is -2.39. The Kier molecular flexibility index (Phi) is 17.0. The van der Waals surface area contributed by atoms with Crippen LogP contribution in [0.5, 0.6) is 0 Å². The number of alkyl halides is 1. The number of nitrogens with zero attached hydrogens (tertiary/aromatic N) is 1. The molecule has 3 atom stereocenters. The molecule has 1 heterocycles. The third kappa shape index (κ3) is 12.9. The minimum Gasteiger partial charge on any atom is -0.477 e. The number of amides is 2. The second-order valence-corrected chi connectivity index (χ2v) is 13.6. The van der Waals surface area contributed by atoms with Gasteiger partial charge in [-0.2, -0.15) is 0 Å². The van der Waals surface area contributed by atoms with E-state index in [1.54, 1.807) is 0 Å². The number of esters is 4. The van der Waals surface area contributed by atoms with E-state index in [2.05, 4.69) is 33.2 Å². The third-order valence-electron chi connectivity index (χ3n) is 5.73. The number of nitrogens with one attached hydrogen (secondary N) is 2. The van der Waals surface area contributed by atoms with E-state index in [9.17, 15) is 28.8 Å². The first-order chi connectivity index (χ1) is 21.1. The largest absolute Gasteiger partial charge is 0.477 e. The first kappa shape index (κ1) is 39.6. The summed E-state index contributed by atoms with van der Waals surface area (Å²) in [5.74, 6) is -3.14. The number of hydrogen-bond donors (Lipinski definition) is 2. The average molecular weight is 1080 g/mol. The standard InChI is InChI=1S/C27H31I4N3O11/c1-12(35)41-10-17(43-14(3)37)8-32-26(39)20-22(29)21(27(40)33-9-18(44-15(4)38)11-42-13(2)36)24(31)25(23(20)30)34-19-6-5-16(7-28)45-19/h16-18H,5-11H2,1-4H3,(H,32,39)(H,33,40). The molecule has 18 heteroatoms. The predicted molar refractivity (Wildman–Crippen MR) is 194 cm³/mol. The average Bonchev–Trinajstić information content (AvgIpc) is 3.41. The molecule has 45 heavy (non-hydrogen) atoms. The first-order valence-corrected chi connectivity index (χ1v) is 18.1. The number of rotatable bonds is 14. The van der Waals surface area contributed by atoms with Crippen molar-refractivity contribution in [2.24, 2.45) is 4.99 Å². The van der Waals surface area contributed by atoms with Gasteiger partial charge >= 0.3 is 23.9 Å². The topological polar surface area (TPSA) is 185 Å². The van der Waals surface area contributed by atoms with Gasteiger partial charge in [-0.05, 0) is 74.2 Å². The summed E-state index contributed by atoms with van der Waals surface area (Å²) < 4.78 is 28.1. The van der Waals surface area contributed by atoms with Crippen molar-refractivity contribution < 1.29 is 52.5 Å². The SMILES string of the molecule is CC(=O)OCC(CNC(=O)c1c(I)c(N=C2CCC(CI)O2)c(I)c(C(=O)NCC(COC(C)=O)OC(C)=O)c1I)OC(C)=O. The molecule has 248 valence electrons. The van der Waals surface area contributed by atoms with Crippen LogP contribution in [-0.4, -0.2) is 90.6 Å². The van der Waals surface area contributed by atoms with Crippen LogP contribution in [0.1, 0.15) is 61.3 Å². The van der Waals surface area contributed by atoms with E-state index in [1.807, 2.05) is 67.8 Å². The highest BCUT2D eigenvalue weighted by atomic mass is 127. The maximum absolute atomic E-state index is 13.6. The zero-order chi connectivity index (χ0) is 33.8. The molecular formula is C27H31I4N3O11. The van der Waals surface area contributed by atoms with Crippen LogP contribution < -0.4 is 10.6 Å². The first-order valence-electron chi connectivity index (χ1n) is 13.3.